The van der Waals surface area contributed by atoms with Crippen LogP contribution in [0.3, 0.4) is 0 Å². The van der Waals surface area contributed by atoms with Crippen molar-refractivity contribution in [2.75, 3.05) is 26.2 Å². The van der Waals surface area contributed by atoms with E-state index in [0.29, 0.717) is 36.1 Å². The standard InChI is InChI=1S/C27H28F3N3O4/c28-27(29,30)21-6-4-18(5-7-21)14-25(34)32-22-8-9-24(31-16-22)33-12-10-19(11-13-33)17-37-23-3-1-2-20(15-23)26(35)36/h1-9,15,19,31H,10-14,16-17H2,(H,32,34)(H,35,36). The minimum absolute atomic E-state index is 0.0117. The van der Waals surface area contributed by atoms with Crippen molar-refractivity contribution in [1.82, 2.24) is 15.5 Å². The summed E-state index contributed by atoms with van der Waals surface area (Å²) in [6, 6.07) is 11.1. The number of hydrogen-bond acceptors (Lipinski definition) is 5. The molecule has 2 aromatic carbocycles. The summed E-state index contributed by atoms with van der Waals surface area (Å²) in [5.41, 5.74) is 0.654. The van der Waals surface area contributed by atoms with Gasteiger partial charge in [-0.2, -0.15) is 13.2 Å². The lowest BCUT2D eigenvalue weighted by Crippen LogP contribution is -2.42. The molecular formula is C27H28F3N3O4. The van der Waals surface area contributed by atoms with Crippen LogP contribution in [0.5, 0.6) is 5.75 Å². The summed E-state index contributed by atoms with van der Waals surface area (Å²) >= 11 is 0. The summed E-state index contributed by atoms with van der Waals surface area (Å²) < 4.78 is 43.9. The van der Waals surface area contributed by atoms with Gasteiger partial charge in [0, 0.05) is 18.8 Å². The van der Waals surface area contributed by atoms with Crippen LogP contribution in [0, 0.1) is 5.92 Å². The van der Waals surface area contributed by atoms with Crippen LogP contribution in [0.1, 0.15) is 34.3 Å². The fourth-order valence-electron chi connectivity index (χ4n) is 4.28. The van der Waals surface area contributed by atoms with Crippen molar-refractivity contribution in [3.8, 4) is 5.75 Å². The molecule has 0 atom stereocenters. The fourth-order valence-corrected chi connectivity index (χ4v) is 4.28. The van der Waals surface area contributed by atoms with Gasteiger partial charge in [0.15, 0.2) is 0 Å². The van der Waals surface area contributed by atoms with Gasteiger partial charge >= 0.3 is 12.1 Å². The number of carbonyl (C=O) groups excluding carboxylic acids is 1. The van der Waals surface area contributed by atoms with Gasteiger partial charge in [0.05, 0.1) is 30.7 Å². The number of likely N-dealkylation sites (tertiary alicyclic amines) is 1. The fraction of sp³-hybridized carbons (Fsp3) is 0.333. The van der Waals surface area contributed by atoms with Crippen LogP contribution in [0.15, 0.2) is 72.2 Å². The van der Waals surface area contributed by atoms with Crippen LogP contribution < -0.4 is 15.4 Å². The molecule has 0 bridgehead atoms. The van der Waals surface area contributed by atoms with Crippen LogP contribution in [-0.4, -0.2) is 48.1 Å². The van der Waals surface area contributed by atoms with Crippen LogP contribution in [0.4, 0.5) is 13.2 Å². The number of amides is 1. The number of carboxylic acid groups (broad SMARTS) is 1. The highest BCUT2D eigenvalue weighted by atomic mass is 19.4. The quantitative estimate of drug-likeness (QED) is 0.489. The average molecular weight is 516 g/mol. The topological polar surface area (TPSA) is 90.9 Å². The second-order valence-electron chi connectivity index (χ2n) is 9.09. The third kappa shape index (κ3) is 7.28. The number of benzene rings is 2. The molecule has 3 N–H and O–H groups in total. The molecule has 2 heterocycles. The van der Waals surface area contributed by atoms with E-state index in [1.165, 1.54) is 24.3 Å². The van der Waals surface area contributed by atoms with Crippen LogP contribution in [0.2, 0.25) is 0 Å². The minimum atomic E-state index is -4.40. The Hall–Kier alpha value is -3.95. The monoisotopic (exact) mass is 515 g/mol. The predicted molar refractivity (Wildman–Crippen MR) is 131 cm³/mol. The van der Waals surface area contributed by atoms with E-state index in [2.05, 4.69) is 15.5 Å². The normalized spacial score (nSPS) is 16.4. The van der Waals surface area contributed by atoms with Crippen molar-refractivity contribution in [3.05, 3.63) is 88.9 Å². The smallest absolute Gasteiger partial charge is 0.416 e. The lowest BCUT2D eigenvalue weighted by Gasteiger charge is -2.36. The van der Waals surface area contributed by atoms with Gasteiger partial charge in [-0.25, -0.2) is 4.79 Å². The number of ether oxygens (including phenoxy) is 1. The summed E-state index contributed by atoms with van der Waals surface area (Å²) in [4.78, 5) is 25.7. The van der Waals surface area contributed by atoms with Crippen molar-refractivity contribution in [3.63, 3.8) is 0 Å². The Morgan fingerprint density at radius 1 is 1.08 bits per heavy atom. The largest absolute Gasteiger partial charge is 0.493 e. The second kappa shape index (κ2) is 11.4. The number of hydrogen-bond donors (Lipinski definition) is 3. The molecule has 4 rings (SSSR count). The summed E-state index contributed by atoms with van der Waals surface area (Å²) in [7, 11) is 0. The summed E-state index contributed by atoms with van der Waals surface area (Å²) in [6.45, 7) is 2.64. The number of carbonyl (C=O) groups is 2. The predicted octanol–water partition coefficient (Wildman–Crippen LogP) is 4.18. The van der Waals surface area contributed by atoms with Crippen molar-refractivity contribution in [2.45, 2.75) is 25.4 Å². The Bertz CT molecular complexity index is 1180. The molecule has 37 heavy (non-hydrogen) atoms. The number of rotatable bonds is 8. The highest BCUT2D eigenvalue weighted by Crippen LogP contribution is 2.29. The number of piperidine rings is 1. The first-order valence-electron chi connectivity index (χ1n) is 12.0. The maximum absolute atomic E-state index is 12.7. The Balaban J connectivity index is 1.21. The Morgan fingerprint density at radius 3 is 2.43 bits per heavy atom. The van der Waals surface area contributed by atoms with E-state index in [1.54, 1.807) is 12.1 Å². The lowest BCUT2D eigenvalue weighted by atomic mass is 9.97. The van der Waals surface area contributed by atoms with Crippen molar-refractivity contribution >= 4 is 11.9 Å². The molecule has 2 aliphatic heterocycles. The number of nitrogens with zero attached hydrogens (tertiary/aromatic N) is 1. The zero-order valence-electron chi connectivity index (χ0n) is 20.1. The van der Waals surface area contributed by atoms with Crippen LogP contribution in [-0.2, 0) is 17.4 Å². The van der Waals surface area contributed by atoms with E-state index in [4.69, 9.17) is 9.84 Å². The molecule has 0 unspecified atom stereocenters. The van der Waals surface area contributed by atoms with Crippen molar-refractivity contribution in [1.29, 1.82) is 0 Å². The van der Waals surface area contributed by atoms with Gasteiger partial charge in [-0.1, -0.05) is 18.2 Å². The van der Waals surface area contributed by atoms with Gasteiger partial charge in [0.1, 0.15) is 11.6 Å². The van der Waals surface area contributed by atoms with Gasteiger partial charge in [0.25, 0.3) is 0 Å². The Morgan fingerprint density at radius 2 is 1.81 bits per heavy atom. The molecule has 1 amide bonds. The number of dihydropyridines is 1. The average Bonchev–Trinajstić information content (AvgIpc) is 2.88. The van der Waals surface area contributed by atoms with Gasteiger partial charge < -0.3 is 25.4 Å². The van der Waals surface area contributed by atoms with Crippen molar-refractivity contribution < 1.29 is 32.6 Å². The molecule has 0 aromatic heterocycles. The van der Waals surface area contributed by atoms with Crippen molar-refractivity contribution in [2.24, 2.45) is 5.92 Å². The van der Waals surface area contributed by atoms with E-state index < -0.39 is 17.7 Å². The highest BCUT2D eigenvalue weighted by Gasteiger charge is 2.30. The van der Waals surface area contributed by atoms with Crippen LogP contribution in [0.25, 0.3) is 0 Å². The minimum Gasteiger partial charge on any atom is -0.493 e. The maximum Gasteiger partial charge on any atom is 0.416 e. The Kier molecular flexibility index (Phi) is 8.05. The third-order valence-electron chi connectivity index (χ3n) is 6.37. The molecule has 2 aliphatic rings. The molecule has 0 saturated carbocycles. The molecule has 7 nitrogen and oxygen atoms in total. The molecule has 0 spiro atoms. The molecule has 2 aromatic rings. The van der Waals surface area contributed by atoms with E-state index in [9.17, 15) is 22.8 Å². The third-order valence-corrected chi connectivity index (χ3v) is 6.37. The first-order chi connectivity index (χ1) is 17.7. The molecular weight excluding hydrogens is 487 g/mol. The number of halogens is 3. The van der Waals surface area contributed by atoms with E-state index >= 15 is 0 Å². The summed E-state index contributed by atoms with van der Waals surface area (Å²) in [5.74, 6) is 0.609. The first-order valence-corrected chi connectivity index (χ1v) is 12.0. The zero-order valence-corrected chi connectivity index (χ0v) is 20.1. The lowest BCUT2D eigenvalue weighted by molar-refractivity contribution is -0.137. The van der Waals surface area contributed by atoms with Gasteiger partial charge in [-0.05, 0) is 66.8 Å². The van der Waals surface area contributed by atoms with Gasteiger partial charge in [-0.15, -0.1) is 0 Å². The zero-order chi connectivity index (χ0) is 26.4. The summed E-state index contributed by atoms with van der Waals surface area (Å²) in [6.07, 6.45) is 1.19. The van der Waals surface area contributed by atoms with E-state index in [0.717, 1.165) is 43.9 Å². The number of carboxylic acids is 1. The second-order valence-corrected chi connectivity index (χ2v) is 9.09. The molecule has 0 aliphatic carbocycles. The molecule has 1 saturated heterocycles. The maximum atomic E-state index is 12.7. The molecule has 196 valence electrons. The van der Waals surface area contributed by atoms with Crippen LogP contribution >= 0.6 is 0 Å². The number of nitrogens with one attached hydrogen (secondary N) is 2. The molecule has 10 heteroatoms. The van der Waals surface area contributed by atoms with E-state index in [1.807, 2.05) is 12.2 Å². The first kappa shape index (κ1) is 26.1. The Labute approximate surface area is 212 Å². The SMILES string of the molecule is O=C(Cc1ccc(C(F)(F)F)cc1)NC1=CC=C(N2CCC(COc3cccc(C(=O)O)c3)CC2)NC1. The molecule has 1 fully saturated rings. The molecule has 0 radical (unpaired) electrons. The number of aromatic carboxylic acids is 1. The van der Waals surface area contributed by atoms with Gasteiger partial charge in [-0.3, -0.25) is 4.79 Å². The van der Waals surface area contributed by atoms with Gasteiger partial charge in [0.2, 0.25) is 5.91 Å². The van der Waals surface area contributed by atoms with E-state index in [-0.39, 0.29) is 17.9 Å². The number of allylic oxidation sites excluding steroid dienone is 2. The highest BCUT2D eigenvalue weighted by molar-refractivity contribution is 5.88. The number of alkyl halides is 3. The summed E-state index contributed by atoms with van der Waals surface area (Å²) in [5, 5.41) is 15.2.